The molecule has 2 saturated heterocycles. The maximum atomic E-state index is 5.92. The van der Waals surface area contributed by atoms with Crippen molar-refractivity contribution >= 4 is 0 Å². The molecule has 2 heteroatoms. The second-order valence-electron chi connectivity index (χ2n) is 5.75. The van der Waals surface area contributed by atoms with E-state index in [-0.39, 0.29) is 0 Å². The van der Waals surface area contributed by atoms with Crippen LogP contribution in [0.25, 0.3) is 0 Å². The SMILES string of the molecule is CCC(NC1CC2CCC1O2)c1ccc(C)cc1. The van der Waals surface area contributed by atoms with Crippen LogP contribution >= 0.6 is 0 Å². The largest absolute Gasteiger partial charge is 0.373 e. The van der Waals surface area contributed by atoms with Gasteiger partial charge in [0.25, 0.3) is 0 Å². The molecule has 2 bridgehead atoms. The lowest BCUT2D eigenvalue weighted by atomic mass is 9.93. The van der Waals surface area contributed by atoms with E-state index in [1.807, 2.05) is 0 Å². The number of ether oxygens (including phenoxy) is 1. The summed E-state index contributed by atoms with van der Waals surface area (Å²) < 4.78 is 5.92. The first kappa shape index (κ1) is 12.2. The molecule has 0 aliphatic carbocycles. The van der Waals surface area contributed by atoms with Gasteiger partial charge in [-0.2, -0.15) is 0 Å². The predicted molar refractivity (Wildman–Crippen MR) is 73.6 cm³/mol. The second-order valence-corrected chi connectivity index (χ2v) is 5.75. The van der Waals surface area contributed by atoms with E-state index < -0.39 is 0 Å². The highest BCUT2D eigenvalue weighted by molar-refractivity contribution is 5.24. The zero-order chi connectivity index (χ0) is 12.5. The van der Waals surface area contributed by atoms with Gasteiger partial charge in [0.2, 0.25) is 0 Å². The topological polar surface area (TPSA) is 21.3 Å². The molecule has 1 aromatic rings. The summed E-state index contributed by atoms with van der Waals surface area (Å²) in [6.07, 6.45) is 5.85. The van der Waals surface area contributed by atoms with Crippen molar-refractivity contribution in [2.45, 2.75) is 63.8 Å². The van der Waals surface area contributed by atoms with Gasteiger partial charge >= 0.3 is 0 Å². The minimum Gasteiger partial charge on any atom is -0.373 e. The van der Waals surface area contributed by atoms with E-state index in [0.717, 1.165) is 6.42 Å². The van der Waals surface area contributed by atoms with Crippen molar-refractivity contribution in [1.82, 2.24) is 5.32 Å². The first-order chi connectivity index (χ1) is 8.76. The fourth-order valence-electron chi connectivity index (χ4n) is 3.32. The number of aryl methyl sites for hydroxylation is 1. The van der Waals surface area contributed by atoms with Crippen LogP contribution in [0.15, 0.2) is 24.3 Å². The van der Waals surface area contributed by atoms with Crippen LogP contribution in [0.1, 0.15) is 49.8 Å². The molecule has 0 saturated carbocycles. The molecule has 18 heavy (non-hydrogen) atoms. The molecule has 2 nitrogen and oxygen atoms in total. The molecule has 4 unspecified atom stereocenters. The molecule has 0 radical (unpaired) electrons. The Hall–Kier alpha value is -0.860. The fourth-order valence-corrected chi connectivity index (χ4v) is 3.32. The van der Waals surface area contributed by atoms with Crippen LogP contribution in [-0.4, -0.2) is 18.2 Å². The molecule has 0 aromatic heterocycles. The molecule has 3 rings (SSSR count). The van der Waals surface area contributed by atoms with Gasteiger partial charge in [0, 0.05) is 12.1 Å². The number of benzene rings is 1. The summed E-state index contributed by atoms with van der Waals surface area (Å²) in [7, 11) is 0. The normalized spacial score (nSPS) is 31.8. The molecule has 2 aliphatic rings. The van der Waals surface area contributed by atoms with E-state index in [0.29, 0.717) is 24.3 Å². The molecule has 2 fully saturated rings. The second kappa shape index (κ2) is 5.02. The van der Waals surface area contributed by atoms with E-state index >= 15 is 0 Å². The van der Waals surface area contributed by atoms with Crippen molar-refractivity contribution in [2.75, 3.05) is 0 Å². The predicted octanol–water partition coefficient (Wildman–Crippen LogP) is 3.36. The summed E-state index contributed by atoms with van der Waals surface area (Å²) in [4.78, 5) is 0. The summed E-state index contributed by atoms with van der Waals surface area (Å²) in [5, 5.41) is 3.81. The highest BCUT2D eigenvalue weighted by Crippen LogP contribution is 2.35. The van der Waals surface area contributed by atoms with Gasteiger partial charge in [-0.25, -0.2) is 0 Å². The molecule has 98 valence electrons. The van der Waals surface area contributed by atoms with Crippen molar-refractivity contribution in [3.8, 4) is 0 Å². The fraction of sp³-hybridized carbons (Fsp3) is 0.625. The quantitative estimate of drug-likeness (QED) is 0.878. The van der Waals surface area contributed by atoms with Crippen molar-refractivity contribution in [1.29, 1.82) is 0 Å². The highest BCUT2D eigenvalue weighted by atomic mass is 16.5. The Balaban J connectivity index is 1.67. The number of nitrogens with one attached hydrogen (secondary N) is 1. The molecule has 1 aromatic carbocycles. The van der Waals surface area contributed by atoms with E-state index in [1.54, 1.807) is 0 Å². The Labute approximate surface area is 110 Å². The molecule has 0 amide bonds. The minimum atomic E-state index is 0.467. The summed E-state index contributed by atoms with van der Waals surface area (Å²) in [6.45, 7) is 4.40. The standard InChI is InChI=1S/C16H23NO/c1-3-14(12-6-4-11(2)5-7-12)17-15-10-13-8-9-16(15)18-13/h4-7,13-17H,3,8-10H2,1-2H3. The number of hydrogen-bond acceptors (Lipinski definition) is 2. The lowest BCUT2D eigenvalue weighted by molar-refractivity contribution is 0.0959. The van der Waals surface area contributed by atoms with E-state index in [9.17, 15) is 0 Å². The molecular formula is C16H23NO. The summed E-state index contributed by atoms with van der Waals surface area (Å²) >= 11 is 0. The van der Waals surface area contributed by atoms with E-state index in [4.69, 9.17) is 4.74 Å². The van der Waals surface area contributed by atoms with Crippen molar-refractivity contribution in [2.24, 2.45) is 0 Å². The Kier molecular flexibility index (Phi) is 3.40. The summed E-state index contributed by atoms with van der Waals surface area (Å²) in [5.74, 6) is 0. The number of fused-ring (bicyclic) bond motifs is 2. The van der Waals surface area contributed by atoms with Crippen molar-refractivity contribution < 1.29 is 4.74 Å². The Morgan fingerprint density at radius 1 is 1.28 bits per heavy atom. The van der Waals surface area contributed by atoms with Crippen LogP contribution in [0.3, 0.4) is 0 Å². The third kappa shape index (κ3) is 2.32. The average Bonchev–Trinajstić information content (AvgIpc) is 2.99. The van der Waals surface area contributed by atoms with Crippen LogP contribution in [0.4, 0.5) is 0 Å². The molecule has 1 N–H and O–H groups in total. The molecule has 4 atom stereocenters. The van der Waals surface area contributed by atoms with Gasteiger partial charge in [-0.15, -0.1) is 0 Å². The van der Waals surface area contributed by atoms with Crippen molar-refractivity contribution in [3.63, 3.8) is 0 Å². The van der Waals surface area contributed by atoms with Crippen LogP contribution in [0.5, 0.6) is 0 Å². The lowest BCUT2D eigenvalue weighted by Crippen LogP contribution is -2.39. The van der Waals surface area contributed by atoms with Gasteiger partial charge in [0.1, 0.15) is 0 Å². The van der Waals surface area contributed by atoms with Gasteiger partial charge in [-0.3, -0.25) is 0 Å². The third-order valence-corrected chi connectivity index (χ3v) is 4.41. The van der Waals surface area contributed by atoms with Gasteiger partial charge < -0.3 is 10.1 Å². The van der Waals surface area contributed by atoms with Crippen molar-refractivity contribution in [3.05, 3.63) is 35.4 Å². The average molecular weight is 245 g/mol. The Morgan fingerprint density at radius 3 is 2.61 bits per heavy atom. The Bertz CT molecular complexity index is 400. The summed E-state index contributed by atoms with van der Waals surface area (Å²) in [6, 6.07) is 9.96. The van der Waals surface area contributed by atoms with E-state index in [1.165, 1.54) is 30.4 Å². The Morgan fingerprint density at radius 2 is 2.06 bits per heavy atom. The zero-order valence-electron chi connectivity index (χ0n) is 11.4. The zero-order valence-corrected chi connectivity index (χ0v) is 11.4. The van der Waals surface area contributed by atoms with Gasteiger partial charge in [0.05, 0.1) is 12.2 Å². The van der Waals surface area contributed by atoms with Crippen LogP contribution in [-0.2, 0) is 4.74 Å². The van der Waals surface area contributed by atoms with E-state index in [2.05, 4.69) is 43.4 Å². The van der Waals surface area contributed by atoms with Gasteiger partial charge in [-0.05, 0) is 38.2 Å². The van der Waals surface area contributed by atoms with Gasteiger partial charge in [-0.1, -0.05) is 36.8 Å². The molecule has 2 heterocycles. The first-order valence-electron chi connectivity index (χ1n) is 7.24. The number of hydrogen-bond donors (Lipinski definition) is 1. The molecule has 0 spiro atoms. The highest BCUT2D eigenvalue weighted by Gasteiger charge is 2.41. The maximum Gasteiger partial charge on any atom is 0.0733 e. The maximum absolute atomic E-state index is 5.92. The smallest absolute Gasteiger partial charge is 0.0733 e. The minimum absolute atomic E-state index is 0.467. The lowest BCUT2D eigenvalue weighted by Gasteiger charge is -2.26. The molecule has 2 aliphatic heterocycles. The molecular weight excluding hydrogens is 222 g/mol. The first-order valence-corrected chi connectivity index (χ1v) is 7.24. The number of rotatable bonds is 4. The van der Waals surface area contributed by atoms with Crippen LogP contribution in [0, 0.1) is 6.92 Å². The third-order valence-electron chi connectivity index (χ3n) is 4.41. The van der Waals surface area contributed by atoms with Crippen LogP contribution in [0.2, 0.25) is 0 Å². The summed E-state index contributed by atoms with van der Waals surface area (Å²) in [5.41, 5.74) is 2.74. The van der Waals surface area contributed by atoms with Crippen LogP contribution < -0.4 is 5.32 Å². The van der Waals surface area contributed by atoms with Gasteiger partial charge in [0.15, 0.2) is 0 Å². The monoisotopic (exact) mass is 245 g/mol.